The maximum atomic E-state index is 4.58. The number of benzene rings is 1. The monoisotopic (exact) mass is 257 g/mol. The second-order valence-electron chi connectivity index (χ2n) is 4.01. The Morgan fingerprint density at radius 3 is 2.88 bits per heavy atom. The Hall–Kier alpha value is -1.32. The number of aryl methyl sites for hydroxylation is 1. The van der Waals surface area contributed by atoms with Crippen molar-refractivity contribution >= 4 is 34.2 Å². The molecular weight excluding hydrogens is 246 g/mol. The Labute approximate surface area is 110 Å². The zero-order valence-electron chi connectivity index (χ0n) is 9.34. The normalized spacial score (nSPS) is 10.9. The number of aromatic nitrogens is 1. The van der Waals surface area contributed by atoms with Crippen molar-refractivity contribution in [2.24, 2.45) is 0 Å². The molecule has 3 rings (SSSR count). The molecule has 84 valence electrons. The number of hydrogen-bond donors (Lipinski definition) is 1. The fraction of sp³-hybridized carbons (Fsp3) is 0.0714. The molecule has 1 aromatic carbocycles. The van der Waals surface area contributed by atoms with Crippen molar-refractivity contribution in [3.63, 3.8) is 0 Å². The Morgan fingerprint density at radius 1 is 1.18 bits per heavy atom. The van der Waals surface area contributed by atoms with Gasteiger partial charge in [0, 0.05) is 17.1 Å². The Morgan fingerprint density at radius 2 is 2.06 bits per heavy atom. The number of hydrogen-bond acceptors (Lipinski definition) is 3. The largest absolute Gasteiger partial charge is 0.245 e. The summed E-state index contributed by atoms with van der Waals surface area (Å²) < 4.78 is 1.03. The third-order valence-electron chi connectivity index (χ3n) is 2.75. The lowest BCUT2D eigenvalue weighted by atomic mass is 10.0. The van der Waals surface area contributed by atoms with Gasteiger partial charge in [-0.15, -0.1) is 24.0 Å². The second kappa shape index (κ2) is 4.17. The van der Waals surface area contributed by atoms with Crippen molar-refractivity contribution in [2.45, 2.75) is 11.1 Å². The van der Waals surface area contributed by atoms with Crippen LogP contribution in [0.15, 0.2) is 46.8 Å². The van der Waals surface area contributed by atoms with Crippen molar-refractivity contribution in [1.82, 2.24) is 4.98 Å². The summed E-state index contributed by atoms with van der Waals surface area (Å²) in [4.78, 5) is 5.43. The van der Waals surface area contributed by atoms with Gasteiger partial charge in [0.2, 0.25) is 0 Å². The summed E-state index contributed by atoms with van der Waals surface area (Å²) in [5.74, 6) is 0. The van der Waals surface area contributed by atoms with Gasteiger partial charge in [-0.3, -0.25) is 0 Å². The predicted molar refractivity (Wildman–Crippen MR) is 77.0 cm³/mol. The standard InChI is InChI=1S/C14H11NS2/c1-9-4-2-5-10(8-9)12-11-6-3-7-15-13(11)17-14(12)16/h2-8,16H,1H3. The van der Waals surface area contributed by atoms with Crippen LogP contribution in [-0.4, -0.2) is 4.98 Å². The number of rotatable bonds is 1. The van der Waals surface area contributed by atoms with Gasteiger partial charge in [0.1, 0.15) is 4.83 Å². The van der Waals surface area contributed by atoms with E-state index in [0.29, 0.717) is 0 Å². The topological polar surface area (TPSA) is 12.9 Å². The average molecular weight is 257 g/mol. The van der Waals surface area contributed by atoms with Gasteiger partial charge in [-0.1, -0.05) is 29.8 Å². The van der Waals surface area contributed by atoms with E-state index >= 15 is 0 Å². The van der Waals surface area contributed by atoms with Crippen LogP contribution in [-0.2, 0) is 0 Å². The quantitative estimate of drug-likeness (QED) is 0.630. The minimum Gasteiger partial charge on any atom is -0.245 e. The average Bonchev–Trinajstić information content (AvgIpc) is 2.64. The minimum absolute atomic E-state index is 1.03. The van der Waals surface area contributed by atoms with Gasteiger partial charge in [-0.05, 0) is 24.6 Å². The number of nitrogens with zero attached hydrogens (tertiary/aromatic N) is 1. The molecule has 0 bridgehead atoms. The number of pyridine rings is 1. The van der Waals surface area contributed by atoms with Crippen molar-refractivity contribution in [2.75, 3.05) is 0 Å². The maximum Gasteiger partial charge on any atom is 0.124 e. The van der Waals surface area contributed by atoms with Crippen LogP contribution in [0.4, 0.5) is 0 Å². The van der Waals surface area contributed by atoms with Gasteiger partial charge in [-0.25, -0.2) is 4.98 Å². The van der Waals surface area contributed by atoms with E-state index in [1.807, 2.05) is 12.3 Å². The first-order valence-electron chi connectivity index (χ1n) is 5.39. The first-order chi connectivity index (χ1) is 8.25. The van der Waals surface area contributed by atoms with Gasteiger partial charge in [0.25, 0.3) is 0 Å². The Kier molecular flexibility index (Phi) is 2.65. The zero-order chi connectivity index (χ0) is 11.8. The lowest BCUT2D eigenvalue weighted by Crippen LogP contribution is -1.79. The highest BCUT2D eigenvalue weighted by Crippen LogP contribution is 2.39. The van der Waals surface area contributed by atoms with Crippen LogP contribution >= 0.6 is 24.0 Å². The minimum atomic E-state index is 1.03. The molecule has 17 heavy (non-hydrogen) atoms. The molecule has 0 radical (unpaired) electrons. The maximum absolute atomic E-state index is 4.58. The van der Waals surface area contributed by atoms with Crippen LogP contribution in [0.1, 0.15) is 5.56 Å². The van der Waals surface area contributed by atoms with Gasteiger partial charge in [0.15, 0.2) is 0 Å². The van der Waals surface area contributed by atoms with E-state index in [9.17, 15) is 0 Å². The molecule has 0 aliphatic carbocycles. The molecule has 0 saturated carbocycles. The Balaban J connectivity index is 2.33. The van der Waals surface area contributed by atoms with Crippen molar-refractivity contribution in [3.05, 3.63) is 48.2 Å². The molecule has 0 atom stereocenters. The zero-order valence-corrected chi connectivity index (χ0v) is 11.1. The SMILES string of the molecule is Cc1cccc(-c2c(S)sc3ncccc23)c1. The first-order valence-corrected chi connectivity index (χ1v) is 6.65. The third kappa shape index (κ3) is 1.85. The van der Waals surface area contributed by atoms with Crippen LogP contribution in [0.25, 0.3) is 21.3 Å². The van der Waals surface area contributed by atoms with Crippen LogP contribution in [0.5, 0.6) is 0 Å². The van der Waals surface area contributed by atoms with E-state index in [-0.39, 0.29) is 0 Å². The predicted octanol–water partition coefficient (Wildman–Crippen LogP) is 4.56. The molecule has 0 aliphatic heterocycles. The lowest BCUT2D eigenvalue weighted by Gasteiger charge is -2.02. The fourth-order valence-corrected chi connectivity index (χ4v) is 3.42. The lowest BCUT2D eigenvalue weighted by molar-refractivity contribution is 1.44. The molecule has 0 spiro atoms. The molecule has 2 heterocycles. The molecule has 0 unspecified atom stereocenters. The van der Waals surface area contributed by atoms with E-state index in [1.54, 1.807) is 11.3 Å². The Bertz CT molecular complexity index is 686. The first kappa shape index (κ1) is 10.8. The summed E-state index contributed by atoms with van der Waals surface area (Å²) in [7, 11) is 0. The van der Waals surface area contributed by atoms with Crippen LogP contribution in [0, 0.1) is 6.92 Å². The van der Waals surface area contributed by atoms with Gasteiger partial charge in [-0.2, -0.15) is 0 Å². The van der Waals surface area contributed by atoms with Gasteiger partial charge < -0.3 is 0 Å². The highest BCUT2D eigenvalue weighted by atomic mass is 32.2. The van der Waals surface area contributed by atoms with E-state index in [4.69, 9.17) is 0 Å². The number of thiol groups is 1. The molecule has 3 aromatic rings. The van der Waals surface area contributed by atoms with Crippen molar-refractivity contribution < 1.29 is 0 Å². The third-order valence-corrected chi connectivity index (χ3v) is 4.17. The smallest absolute Gasteiger partial charge is 0.124 e. The highest BCUT2D eigenvalue weighted by molar-refractivity contribution is 7.83. The highest BCUT2D eigenvalue weighted by Gasteiger charge is 2.11. The summed E-state index contributed by atoms with van der Waals surface area (Å²) >= 11 is 6.21. The molecule has 0 fully saturated rings. The molecule has 0 aliphatic rings. The molecule has 0 amide bonds. The van der Waals surface area contributed by atoms with Crippen LogP contribution in [0.3, 0.4) is 0 Å². The van der Waals surface area contributed by atoms with Gasteiger partial charge in [0.05, 0.1) is 4.21 Å². The molecule has 0 N–H and O–H groups in total. The fourth-order valence-electron chi connectivity index (χ4n) is 2.00. The summed E-state index contributed by atoms with van der Waals surface area (Å²) in [5, 5.41) is 1.19. The molecular formula is C14H11NS2. The van der Waals surface area contributed by atoms with E-state index in [1.165, 1.54) is 22.1 Å². The van der Waals surface area contributed by atoms with E-state index in [0.717, 1.165) is 9.04 Å². The molecule has 1 nitrogen and oxygen atoms in total. The van der Waals surface area contributed by atoms with E-state index in [2.05, 4.69) is 54.9 Å². The number of thiophene rings is 1. The number of fused-ring (bicyclic) bond motifs is 1. The second-order valence-corrected chi connectivity index (χ2v) is 5.76. The van der Waals surface area contributed by atoms with E-state index < -0.39 is 0 Å². The molecule has 3 heteroatoms. The summed E-state index contributed by atoms with van der Waals surface area (Å²) in [6, 6.07) is 12.6. The van der Waals surface area contributed by atoms with Gasteiger partial charge >= 0.3 is 0 Å². The summed E-state index contributed by atoms with van der Waals surface area (Å²) in [6.07, 6.45) is 1.83. The van der Waals surface area contributed by atoms with Crippen molar-refractivity contribution in [1.29, 1.82) is 0 Å². The summed E-state index contributed by atoms with van der Waals surface area (Å²) in [5.41, 5.74) is 3.68. The molecule has 0 saturated heterocycles. The molecule has 2 aromatic heterocycles. The summed E-state index contributed by atoms with van der Waals surface area (Å²) in [6.45, 7) is 2.11. The van der Waals surface area contributed by atoms with Crippen LogP contribution < -0.4 is 0 Å². The van der Waals surface area contributed by atoms with Crippen molar-refractivity contribution in [3.8, 4) is 11.1 Å². The van der Waals surface area contributed by atoms with Crippen LogP contribution in [0.2, 0.25) is 0 Å².